The van der Waals surface area contributed by atoms with Gasteiger partial charge in [-0.25, -0.2) is 14.4 Å². The summed E-state index contributed by atoms with van der Waals surface area (Å²) in [5, 5.41) is 11.4. The van der Waals surface area contributed by atoms with E-state index in [-0.39, 0.29) is 27.9 Å². The maximum atomic E-state index is 16.5. The molecule has 0 saturated carbocycles. The molecule has 39 heavy (non-hydrogen) atoms. The number of anilines is 1. The number of aromatic amines is 1. The minimum absolute atomic E-state index is 0.115. The molecule has 0 unspecified atom stereocenters. The van der Waals surface area contributed by atoms with Crippen LogP contribution in [-0.2, 0) is 16.0 Å². The van der Waals surface area contributed by atoms with Gasteiger partial charge in [-0.1, -0.05) is 24.2 Å². The fraction of sp³-hybridized carbons (Fsp3) is 0.321. The zero-order chi connectivity index (χ0) is 27.7. The number of aromatic nitrogens is 4. The summed E-state index contributed by atoms with van der Waals surface area (Å²) in [5.74, 6) is 0.282. The number of H-pyrrole nitrogens is 1. The third-order valence-corrected chi connectivity index (χ3v) is 7.31. The zero-order valence-electron chi connectivity index (χ0n) is 21.9. The van der Waals surface area contributed by atoms with Gasteiger partial charge in [0.05, 0.1) is 16.7 Å². The number of halogens is 2. The van der Waals surface area contributed by atoms with Gasteiger partial charge in [-0.2, -0.15) is 5.10 Å². The van der Waals surface area contributed by atoms with Crippen molar-refractivity contribution in [3.8, 4) is 11.1 Å². The number of carbonyl (C=O) groups is 2. The largest absolute Gasteiger partial charge is 0.356 e. The molecule has 0 spiro atoms. The highest BCUT2D eigenvalue weighted by Crippen LogP contribution is 2.41. The molecule has 3 heterocycles. The molecule has 9 nitrogen and oxygen atoms in total. The summed E-state index contributed by atoms with van der Waals surface area (Å²) in [6.45, 7) is 9.42. The average molecular weight is 550 g/mol. The molecular formula is C28H29ClFN7O2. The molecule has 1 aliphatic heterocycles. The number of amides is 2. The second-order valence-electron chi connectivity index (χ2n) is 9.60. The lowest BCUT2D eigenvalue weighted by Gasteiger charge is -2.35. The molecule has 5 rings (SSSR count). The highest BCUT2D eigenvalue weighted by Gasteiger charge is 2.26. The number of nitrogens with zero attached hydrogens (tertiary/aromatic N) is 5. The number of hydrogen-bond donors (Lipinski definition) is 2. The molecule has 0 atom stereocenters. The van der Waals surface area contributed by atoms with Crippen LogP contribution in [0.2, 0.25) is 5.02 Å². The molecule has 2 aromatic heterocycles. The first-order chi connectivity index (χ1) is 18.8. The number of aryl methyl sites for hydroxylation is 2. The summed E-state index contributed by atoms with van der Waals surface area (Å²) < 4.78 is 16.5. The van der Waals surface area contributed by atoms with Crippen molar-refractivity contribution in [3.63, 3.8) is 0 Å². The van der Waals surface area contributed by atoms with Crippen LogP contribution in [0.3, 0.4) is 0 Å². The number of nitrogens with one attached hydrogen (secondary N) is 2. The van der Waals surface area contributed by atoms with Crippen LogP contribution in [0.4, 0.5) is 10.2 Å². The Bertz CT molecular complexity index is 1590. The summed E-state index contributed by atoms with van der Waals surface area (Å²) in [4.78, 5) is 36.6. The van der Waals surface area contributed by atoms with E-state index in [0.717, 1.165) is 16.5 Å². The molecule has 0 bridgehead atoms. The quantitative estimate of drug-likeness (QED) is 0.265. The standard InChI is InChI=1S/C28H29ClFN7O2/c1-4-23(39)36-10-12-37(13-11-36)28-18-14-20(29)25(24-16(2)7-8-21-19(24)15-32-35-21)26(30)27(18)33-22(34-28)6-5-9-31-17(3)38/h4,7-8,14-15H,1,5-6,9-13H2,2-3H3,(H,31,38)(H,32,35). The van der Waals surface area contributed by atoms with E-state index in [1.54, 1.807) is 17.2 Å². The summed E-state index contributed by atoms with van der Waals surface area (Å²) in [6.07, 6.45) is 4.02. The number of benzene rings is 2. The van der Waals surface area contributed by atoms with Gasteiger partial charge >= 0.3 is 0 Å². The van der Waals surface area contributed by atoms with E-state index in [2.05, 4.69) is 27.1 Å². The van der Waals surface area contributed by atoms with Crippen molar-refractivity contribution in [2.45, 2.75) is 26.7 Å². The number of carbonyl (C=O) groups excluding carboxylic acids is 2. The summed E-state index contributed by atoms with van der Waals surface area (Å²) >= 11 is 6.80. The van der Waals surface area contributed by atoms with Crippen LogP contribution in [0.1, 0.15) is 24.7 Å². The Kier molecular flexibility index (Phi) is 7.47. The van der Waals surface area contributed by atoms with Crippen molar-refractivity contribution in [2.75, 3.05) is 37.6 Å². The fourth-order valence-corrected chi connectivity index (χ4v) is 5.33. The van der Waals surface area contributed by atoms with Gasteiger partial charge < -0.3 is 15.1 Å². The third kappa shape index (κ3) is 5.16. The Balaban J connectivity index is 1.62. The van der Waals surface area contributed by atoms with Crippen molar-refractivity contribution in [3.05, 3.63) is 59.3 Å². The first kappa shape index (κ1) is 26.6. The second-order valence-corrected chi connectivity index (χ2v) is 10.0. The topological polar surface area (TPSA) is 107 Å². The van der Waals surface area contributed by atoms with Crippen molar-refractivity contribution < 1.29 is 14.0 Å². The lowest BCUT2D eigenvalue weighted by atomic mass is 9.95. The van der Waals surface area contributed by atoms with Crippen LogP contribution in [0.15, 0.2) is 37.1 Å². The molecule has 2 amide bonds. The van der Waals surface area contributed by atoms with Crippen molar-refractivity contribution in [1.29, 1.82) is 0 Å². The molecule has 1 fully saturated rings. The number of piperazine rings is 1. The van der Waals surface area contributed by atoms with Gasteiger partial charge in [-0.3, -0.25) is 14.7 Å². The average Bonchev–Trinajstić information content (AvgIpc) is 3.41. The van der Waals surface area contributed by atoms with Crippen LogP contribution in [0.25, 0.3) is 32.9 Å². The Hall–Kier alpha value is -4.05. The number of fused-ring (bicyclic) bond motifs is 2. The number of hydrogen-bond acceptors (Lipinski definition) is 6. The Morgan fingerprint density at radius 3 is 2.67 bits per heavy atom. The fourth-order valence-electron chi connectivity index (χ4n) is 5.04. The Morgan fingerprint density at radius 2 is 1.95 bits per heavy atom. The molecule has 11 heteroatoms. The maximum absolute atomic E-state index is 16.5. The first-order valence-electron chi connectivity index (χ1n) is 12.8. The maximum Gasteiger partial charge on any atom is 0.246 e. The van der Waals surface area contributed by atoms with Crippen LogP contribution < -0.4 is 10.2 Å². The van der Waals surface area contributed by atoms with E-state index in [0.29, 0.717) is 68.2 Å². The Morgan fingerprint density at radius 1 is 1.18 bits per heavy atom. The van der Waals surface area contributed by atoms with Crippen LogP contribution in [0.5, 0.6) is 0 Å². The highest BCUT2D eigenvalue weighted by molar-refractivity contribution is 6.35. The lowest BCUT2D eigenvalue weighted by Crippen LogP contribution is -2.48. The molecule has 0 aliphatic carbocycles. The van der Waals surface area contributed by atoms with Crippen LogP contribution in [-0.4, -0.2) is 69.6 Å². The van der Waals surface area contributed by atoms with Crippen molar-refractivity contribution >= 4 is 51.0 Å². The van der Waals surface area contributed by atoms with E-state index in [1.165, 1.54) is 13.0 Å². The second kappa shape index (κ2) is 11.0. The summed E-state index contributed by atoms with van der Waals surface area (Å²) in [7, 11) is 0. The number of rotatable bonds is 7. The van der Waals surface area contributed by atoms with Gasteiger partial charge in [0.25, 0.3) is 0 Å². The van der Waals surface area contributed by atoms with Crippen molar-refractivity contribution in [2.24, 2.45) is 0 Å². The smallest absolute Gasteiger partial charge is 0.246 e. The minimum Gasteiger partial charge on any atom is -0.356 e. The van der Waals surface area contributed by atoms with E-state index in [1.807, 2.05) is 24.0 Å². The first-order valence-corrected chi connectivity index (χ1v) is 13.2. The SMILES string of the molecule is C=CC(=O)N1CCN(c2nc(CCCNC(C)=O)nc3c(F)c(-c4c(C)ccc5[nH]ncc45)c(Cl)cc23)CC1. The van der Waals surface area contributed by atoms with Gasteiger partial charge in [-0.05, 0) is 37.1 Å². The minimum atomic E-state index is -0.526. The van der Waals surface area contributed by atoms with E-state index in [4.69, 9.17) is 16.6 Å². The summed E-state index contributed by atoms with van der Waals surface area (Å²) in [5.41, 5.74) is 2.74. The molecule has 1 aliphatic rings. The van der Waals surface area contributed by atoms with E-state index >= 15 is 4.39 Å². The highest BCUT2D eigenvalue weighted by atomic mass is 35.5. The van der Waals surface area contributed by atoms with E-state index in [9.17, 15) is 9.59 Å². The zero-order valence-corrected chi connectivity index (χ0v) is 22.6. The lowest BCUT2D eigenvalue weighted by molar-refractivity contribution is -0.126. The van der Waals surface area contributed by atoms with Gasteiger partial charge in [0.2, 0.25) is 11.8 Å². The predicted octanol–water partition coefficient (Wildman–Crippen LogP) is 4.18. The third-order valence-electron chi connectivity index (χ3n) is 7.01. The molecule has 4 aromatic rings. The normalized spacial score (nSPS) is 13.7. The van der Waals surface area contributed by atoms with Crippen molar-refractivity contribution in [1.82, 2.24) is 30.4 Å². The van der Waals surface area contributed by atoms with Crippen LogP contribution in [0, 0.1) is 12.7 Å². The molecule has 2 N–H and O–H groups in total. The van der Waals surface area contributed by atoms with Gasteiger partial charge in [-0.15, -0.1) is 0 Å². The van der Waals surface area contributed by atoms with Gasteiger partial charge in [0, 0.05) is 68.0 Å². The van der Waals surface area contributed by atoms with Gasteiger partial charge in [0.1, 0.15) is 17.2 Å². The molecule has 1 saturated heterocycles. The van der Waals surface area contributed by atoms with Gasteiger partial charge in [0.15, 0.2) is 5.82 Å². The van der Waals surface area contributed by atoms with E-state index < -0.39 is 5.82 Å². The molecular weight excluding hydrogens is 521 g/mol. The van der Waals surface area contributed by atoms with Crippen LogP contribution >= 0.6 is 11.6 Å². The predicted molar refractivity (Wildman–Crippen MR) is 150 cm³/mol. The molecule has 202 valence electrons. The Labute approximate surface area is 230 Å². The summed E-state index contributed by atoms with van der Waals surface area (Å²) in [6, 6.07) is 5.53. The molecule has 2 aromatic carbocycles. The monoisotopic (exact) mass is 549 g/mol. The molecule has 0 radical (unpaired) electrons.